The number of hydrogen-bond donors (Lipinski definition) is 0. The monoisotopic (exact) mass is 268 g/mol. The number of allylic oxidation sites excluding steroid dienone is 1. The maximum Gasteiger partial charge on any atom is 0.296 e. The van der Waals surface area contributed by atoms with E-state index in [-0.39, 0.29) is 17.4 Å². The summed E-state index contributed by atoms with van der Waals surface area (Å²) < 4.78 is 28.8. The highest BCUT2D eigenvalue weighted by Gasteiger charge is 2.16. The Morgan fingerprint density at radius 2 is 1.94 bits per heavy atom. The molecule has 0 aliphatic heterocycles. The summed E-state index contributed by atoms with van der Waals surface area (Å²) in [6.07, 6.45) is 3.58. The fraction of sp³-hybridized carbons (Fsp3) is 0.429. The van der Waals surface area contributed by atoms with E-state index >= 15 is 0 Å². The molecule has 0 spiro atoms. The standard InChI is InChI=1S/C14H20O3S/c1-4-5-6-13(3)11-17-18(15,16)14-9-7-12(2)8-10-14/h4,7-10,13H,1,5-6,11H2,2-3H3/t13-/m1/s1. The van der Waals surface area contributed by atoms with Crippen molar-refractivity contribution in [2.45, 2.75) is 31.6 Å². The van der Waals surface area contributed by atoms with Crippen LogP contribution in [0.3, 0.4) is 0 Å². The minimum absolute atomic E-state index is 0.197. The van der Waals surface area contributed by atoms with Crippen LogP contribution in [0.25, 0.3) is 0 Å². The van der Waals surface area contributed by atoms with Gasteiger partial charge < -0.3 is 0 Å². The Morgan fingerprint density at radius 1 is 1.33 bits per heavy atom. The van der Waals surface area contributed by atoms with Crippen molar-refractivity contribution in [1.29, 1.82) is 0 Å². The van der Waals surface area contributed by atoms with Gasteiger partial charge in [0.25, 0.3) is 10.1 Å². The third-order valence-electron chi connectivity index (χ3n) is 2.68. The quantitative estimate of drug-likeness (QED) is 0.563. The molecule has 0 N–H and O–H groups in total. The smallest absolute Gasteiger partial charge is 0.266 e. The topological polar surface area (TPSA) is 43.4 Å². The number of hydrogen-bond acceptors (Lipinski definition) is 3. The Balaban J connectivity index is 2.60. The molecule has 0 aliphatic rings. The van der Waals surface area contributed by atoms with Crippen LogP contribution in [-0.4, -0.2) is 15.0 Å². The second-order valence-corrected chi connectivity index (χ2v) is 6.14. The van der Waals surface area contributed by atoms with Gasteiger partial charge in [-0.15, -0.1) is 6.58 Å². The van der Waals surface area contributed by atoms with E-state index in [2.05, 4.69) is 6.58 Å². The maximum absolute atomic E-state index is 11.9. The first-order valence-corrected chi connectivity index (χ1v) is 7.43. The minimum Gasteiger partial charge on any atom is -0.266 e. The average molecular weight is 268 g/mol. The summed E-state index contributed by atoms with van der Waals surface area (Å²) >= 11 is 0. The van der Waals surface area contributed by atoms with E-state index in [4.69, 9.17) is 4.18 Å². The van der Waals surface area contributed by atoms with Gasteiger partial charge in [-0.2, -0.15) is 8.42 Å². The molecular formula is C14H20O3S. The second-order valence-electron chi connectivity index (χ2n) is 4.52. The first-order valence-electron chi connectivity index (χ1n) is 6.02. The van der Waals surface area contributed by atoms with Crippen molar-refractivity contribution < 1.29 is 12.6 Å². The van der Waals surface area contributed by atoms with Gasteiger partial charge in [-0.05, 0) is 37.8 Å². The average Bonchev–Trinajstić information content (AvgIpc) is 2.34. The highest BCUT2D eigenvalue weighted by atomic mass is 32.2. The zero-order valence-corrected chi connectivity index (χ0v) is 11.7. The molecule has 0 radical (unpaired) electrons. The Kier molecular flexibility index (Phi) is 5.56. The van der Waals surface area contributed by atoms with Crippen molar-refractivity contribution in [3.63, 3.8) is 0 Å². The van der Waals surface area contributed by atoms with E-state index in [9.17, 15) is 8.42 Å². The second kappa shape index (κ2) is 6.71. The van der Waals surface area contributed by atoms with Crippen LogP contribution >= 0.6 is 0 Å². The fourth-order valence-corrected chi connectivity index (χ4v) is 2.48. The Bertz CT molecular complexity index is 474. The van der Waals surface area contributed by atoms with E-state index in [0.717, 1.165) is 18.4 Å². The first-order chi connectivity index (χ1) is 8.45. The van der Waals surface area contributed by atoms with Gasteiger partial charge in [0.2, 0.25) is 0 Å². The molecule has 1 rings (SSSR count). The van der Waals surface area contributed by atoms with Crippen molar-refractivity contribution in [2.75, 3.05) is 6.61 Å². The highest BCUT2D eigenvalue weighted by Crippen LogP contribution is 2.15. The lowest BCUT2D eigenvalue weighted by molar-refractivity contribution is 0.258. The van der Waals surface area contributed by atoms with Crippen LogP contribution in [0.1, 0.15) is 25.3 Å². The molecule has 0 aromatic heterocycles. The van der Waals surface area contributed by atoms with Gasteiger partial charge >= 0.3 is 0 Å². The molecule has 4 heteroatoms. The van der Waals surface area contributed by atoms with Crippen LogP contribution in [-0.2, 0) is 14.3 Å². The molecule has 0 bridgehead atoms. The summed E-state index contributed by atoms with van der Waals surface area (Å²) in [6, 6.07) is 6.66. The van der Waals surface area contributed by atoms with Crippen LogP contribution in [0.4, 0.5) is 0 Å². The van der Waals surface area contributed by atoms with Crippen molar-refractivity contribution >= 4 is 10.1 Å². The van der Waals surface area contributed by atoms with Crippen LogP contribution < -0.4 is 0 Å². The molecule has 1 aromatic carbocycles. The molecule has 0 aliphatic carbocycles. The van der Waals surface area contributed by atoms with Gasteiger partial charge in [0, 0.05) is 0 Å². The Morgan fingerprint density at radius 3 is 2.50 bits per heavy atom. The van der Waals surface area contributed by atoms with Crippen LogP contribution in [0.2, 0.25) is 0 Å². The summed E-state index contributed by atoms with van der Waals surface area (Å²) in [7, 11) is -3.62. The maximum atomic E-state index is 11.9. The van der Waals surface area contributed by atoms with E-state index in [1.807, 2.05) is 19.9 Å². The normalized spacial score (nSPS) is 13.2. The van der Waals surface area contributed by atoms with Gasteiger partial charge in [-0.3, -0.25) is 4.18 Å². The zero-order valence-electron chi connectivity index (χ0n) is 10.9. The molecule has 1 atom stereocenters. The van der Waals surface area contributed by atoms with E-state index in [1.54, 1.807) is 24.3 Å². The molecule has 0 unspecified atom stereocenters. The predicted octanol–water partition coefficient (Wildman–Crippen LogP) is 3.30. The number of rotatable bonds is 7. The highest BCUT2D eigenvalue weighted by molar-refractivity contribution is 7.86. The molecule has 1 aromatic rings. The lowest BCUT2D eigenvalue weighted by atomic mass is 10.1. The largest absolute Gasteiger partial charge is 0.296 e. The summed E-state index contributed by atoms with van der Waals surface area (Å²) in [6.45, 7) is 7.73. The van der Waals surface area contributed by atoms with Gasteiger partial charge in [-0.1, -0.05) is 30.7 Å². The van der Waals surface area contributed by atoms with Crippen LogP contribution in [0.15, 0.2) is 41.8 Å². The molecule has 0 heterocycles. The van der Waals surface area contributed by atoms with E-state index < -0.39 is 10.1 Å². The molecule has 0 fully saturated rings. The van der Waals surface area contributed by atoms with Gasteiger partial charge in [0.05, 0.1) is 11.5 Å². The van der Waals surface area contributed by atoms with Crippen molar-refractivity contribution in [1.82, 2.24) is 0 Å². The third-order valence-corrected chi connectivity index (χ3v) is 3.98. The lowest BCUT2D eigenvalue weighted by Crippen LogP contribution is -2.12. The van der Waals surface area contributed by atoms with E-state index in [0.29, 0.717) is 0 Å². The van der Waals surface area contributed by atoms with E-state index in [1.165, 1.54) is 0 Å². The van der Waals surface area contributed by atoms with Crippen molar-refractivity contribution in [2.24, 2.45) is 5.92 Å². The molecule has 100 valence electrons. The summed E-state index contributed by atoms with van der Waals surface area (Å²) in [4.78, 5) is 0.212. The van der Waals surface area contributed by atoms with Crippen LogP contribution in [0.5, 0.6) is 0 Å². The summed E-state index contributed by atoms with van der Waals surface area (Å²) in [5.41, 5.74) is 1.02. The van der Waals surface area contributed by atoms with Gasteiger partial charge in [-0.25, -0.2) is 0 Å². The van der Waals surface area contributed by atoms with Crippen LogP contribution in [0, 0.1) is 12.8 Å². The molecular weight excluding hydrogens is 248 g/mol. The van der Waals surface area contributed by atoms with Crippen molar-refractivity contribution in [3.05, 3.63) is 42.5 Å². The zero-order chi connectivity index (χ0) is 13.6. The minimum atomic E-state index is -3.62. The predicted molar refractivity (Wildman–Crippen MR) is 72.9 cm³/mol. The van der Waals surface area contributed by atoms with Crippen molar-refractivity contribution in [3.8, 4) is 0 Å². The van der Waals surface area contributed by atoms with Gasteiger partial charge in [0.1, 0.15) is 0 Å². The number of aryl methyl sites for hydroxylation is 1. The number of benzene rings is 1. The SMILES string of the molecule is C=CCC[C@@H](C)COS(=O)(=O)c1ccc(C)cc1. The molecule has 0 saturated heterocycles. The molecule has 0 amide bonds. The molecule has 18 heavy (non-hydrogen) atoms. The molecule has 0 saturated carbocycles. The Labute approximate surface area is 110 Å². The third kappa shape index (κ3) is 4.63. The Hall–Kier alpha value is -1.13. The summed E-state index contributed by atoms with van der Waals surface area (Å²) in [5.74, 6) is 0.197. The summed E-state index contributed by atoms with van der Waals surface area (Å²) in [5, 5.41) is 0. The molecule has 3 nitrogen and oxygen atoms in total. The lowest BCUT2D eigenvalue weighted by Gasteiger charge is -2.11. The van der Waals surface area contributed by atoms with Gasteiger partial charge in [0.15, 0.2) is 0 Å². The first kappa shape index (κ1) is 14.9. The fourth-order valence-electron chi connectivity index (χ4n) is 1.46.